The number of rotatable bonds is 4. The summed E-state index contributed by atoms with van der Waals surface area (Å²) in [7, 11) is 0. The summed E-state index contributed by atoms with van der Waals surface area (Å²) in [5.74, 6) is 1.05. The van der Waals surface area contributed by atoms with Crippen LogP contribution in [0.2, 0.25) is 0 Å². The molecule has 1 amide bonds. The molecule has 21 heavy (non-hydrogen) atoms. The molecule has 1 N–H and O–H groups in total. The minimum absolute atomic E-state index is 0.0163. The third-order valence-electron chi connectivity index (χ3n) is 3.53. The Morgan fingerprint density at radius 2 is 1.95 bits per heavy atom. The van der Waals surface area contributed by atoms with Gasteiger partial charge in [0.15, 0.2) is 5.82 Å². The number of allylic oxidation sites excluding steroid dienone is 2. The van der Waals surface area contributed by atoms with Gasteiger partial charge in [0, 0.05) is 12.0 Å². The maximum absolute atomic E-state index is 11.9. The minimum Gasteiger partial charge on any atom is -0.323 e. The van der Waals surface area contributed by atoms with Gasteiger partial charge in [0.25, 0.3) is 0 Å². The van der Waals surface area contributed by atoms with E-state index in [9.17, 15) is 4.79 Å². The molecule has 0 radical (unpaired) electrons. The van der Waals surface area contributed by atoms with Crippen LogP contribution in [0.3, 0.4) is 0 Å². The van der Waals surface area contributed by atoms with Gasteiger partial charge < -0.3 is 5.32 Å². The van der Waals surface area contributed by atoms with E-state index in [1.54, 1.807) is 12.4 Å². The molecule has 1 aliphatic carbocycles. The van der Waals surface area contributed by atoms with Gasteiger partial charge >= 0.3 is 0 Å². The predicted molar refractivity (Wildman–Crippen MR) is 82.6 cm³/mol. The lowest BCUT2D eigenvalue weighted by Crippen LogP contribution is -2.15. The van der Waals surface area contributed by atoms with Gasteiger partial charge in [0.05, 0.1) is 18.1 Å². The van der Waals surface area contributed by atoms with E-state index in [1.165, 1.54) is 0 Å². The second-order valence-electron chi connectivity index (χ2n) is 5.18. The first-order chi connectivity index (χ1) is 10.3. The highest BCUT2D eigenvalue weighted by Crippen LogP contribution is 2.21. The van der Waals surface area contributed by atoms with Gasteiger partial charge in [0.1, 0.15) is 0 Å². The number of anilines is 1. The van der Waals surface area contributed by atoms with Crippen LogP contribution >= 0.6 is 0 Å². The zero-order valence-corrected chi connectivity index (χ0v) is 11.7. The number of hydrogen-bond donors (Lipinski definition) is 1. The fourth-order valence-corrected chi connectivity index (χ4v) is 2.44. The molecule has 4 nitrogen and oxygen atoms in total. The van der Waals surface area contributed by atoms with Crippen molar-refractivity contribution in [3.8, 4) is 11.4 Å². The molecular weight excluding hydrogens is 262 g/mol. The second-order valence-corrected chi connectivity index (χ2v) is 5.18. The number of carbonyl (C=O) groups excluding carboxylic acids is 1. The Bertz CT molecular complexity index is 635. The number of nitrogens with one attached hydrogen (secondary N) is 1. The van der Waals surface area contributed by atoms with E-state index in [-0.39, 0.29) is 5.91 Å². The number of benzene rings is 1. The van der Waals surface area contributed by atoms with Crippen LogP contribution in [0.4, 0.5) is 5.69 Å². The summed E-state index contributed by atoms with van der Waals surface area (Å²) in [5.41, 5.74) is 1.60. The summed E-state index contributed by atoms with van der Waals surface area (Å²) in [5, 5.41) is 2.85. The summed E-state index contributed by atoms with van der Waals surface area (Å²) >= 11 is 0. The fourth-order valence-electron chi connectivity index (χ4n) is 2.44. The third kappa shape index (κ3) is 3.54. The summed E-state index contributed by atoms with van der Waals surface area (Å²) < 4.78 is 0. The Morgan fingerprint density at radius 3 is 2.62 bits per heavy atom. The Kier molecular flexibility index (Phi) is 4.05. The molecule has 0 aliphatic heterocycles. The standard InChI is InChI=1S/C17H17N3O/c21-16(10-13-6-4-5-7-13)20-15-11-18-17(19-12-15)14-8-2-1-3-9-14/h1-4,6,8-9,11-13H,5,7,10H2,(H,20,21)/t13-/m1/s1. The Labute approximate surface area is 123 Å². The van der Waals surface area contributed by atoms with Crippen molar-refractivity contribution in [1.29, 1.82) is 0 Å². The van der Waals surface area contributed by atoms with Crippen LogP contribution < -0.4 is 5.32 Å². The molecule has 1 heterocycles. The monoisotopic (exact) mass is 279 g/mol. The van der Waals surface area contributed by atoms with Crippen LogP contribution in [0.1, 0.15) is 19.3 Å². The van der Waals surface area contributed by atoms with Crippen LogP contribution in [-0.2, 0) is 4.79 Å². The van der Waals surface area contributed by atoms with Crippen LogP contribution in [-0.4, -0.2) is 15.9 Å². The topological polar surface area (TPSA) is 54.9 Å². The van der Waals surface area contributed by atoms with Crippen molar-refractivity contribution in [2.75, 3.05) is 5.32 Å². The van der Waals surface area contributed by atoms with Crippen molar-refractivity contribution < 1.29 is 4.79 Å². The highest BCUT2D eigenvalue weighted by atomic mass is 16.1. The molecule has 0 spiro atoms. The van der Waals surface area contributed by atoms with E-state index in [1.807, 2.05) is 30.3 Å². The zero-order chi connectivity index (χ0) is 14.5. The molecule has 3 rings (SSSR count). The first-order valence-corrected chi connectivity index (χ1v) is 7.15. The maximum atomic E-state index is 11.9. The van der Waals surface area contributed by atoms with E-state index in [0.717, 1.165) is 18.4 Å². The average Bonchev–Trinajstić information content (AvgIpc) is 3.02. The number of carbonyl (C=O) groups is 1. The zero-order valence-electron chi connectivity index (χ0n) is 11.7. The highest BCUT2D eigenvalue weighted by Gasteiger charge is 2.14. The highest BCUT2D eigenvalue weighted by molar-refractivity contribution is 5.90. The van der Waals surface area contributed by atoms with Gasteiger partial charge in [-0.15, -0.1) is 0 Å². The lowest BCUT2D eigenvalue weighted by molar-refractivity contribution is -0.116. The largest absolute Gasteiger partial charge is 0.323 e. The average molecular weight is 279 g/mol. The SMILES string of the molecule is O=C(C[C@@H]1C=CCC1)Nc1cnc(-c2ccccc2)nc1. The lowest BCUT2D eigenvalue weighted by Gasteiger charge is -2.08. The molecular formula is C17H17N3O. The summed E-state index contributed by atoms with van der Waals surface area (Å²) in [6.45, 7) is 0. The Balaban J connectivity index is 1.62. The van der Waals surface area contributed by atoms with Gasteiger partial charge in [0.2, 0.25) is 5.91 Å². The first-order valence-electron chi connectivity index (χ1n) is 7.15. The van der Waals surface area contributed by atoms with Crippen molar-refractivity contribution >= 4 is 11.6 Å². The van der Waals surface area contributed by atoms with Crippen molar-refractivity contribution in [1.82, 2.24) is 9.97 Å². The summed E-state index contributed by atoms with van der Waals surface area (Å²) in [4.78, 5) is 20.5. The van der Waals surface area contributed by atoms with Gasteiger partial charge in [-0.3, -0.25) is 4.79 Å². The molecule has 1 aliphatic rings. The summed E-state index contributed by atoms with van der Waals surface area (Å²) in [6.07, 6.45) is 10.2. The molecule has 0 fully saturated rings. The smallest absolute Gasteiger partial charge is 0.225 e. The molecule has 0 saturated carbocycles. The number of aromatic nitrogens is 2. The van der Waals surface area contributed by atoms with E-state index in [4.69, 9.17) is 0 Å². The van der Waals surface area contributed by atoms with E-state index >= 15 is 0 Å². The fraction of sp³-hybridized carbons (Fsp3) is 0.235. The summed E-state index contributed by atoms with van der Waals surface area (Å²) in [6, 6.07) is 9.77. The van der Waals surface area contributed by atoms with Crippen LogP contribution in [0, 0.1) is 5.92 Å². The molecule has 106 valence electrons. The van der Waals surface area contributed by atoms with Crippen molar-refractivity contribution in [3.05, 3.63) is 54.9 Å². The third-order valence-corrected chi connectivity index (χ3v) is 3.53. The van der Waals surface area contributed by atoms with E-state index in [0.29, 0.717) is 23.9 Å². The van der Waals surface area contributed by atoms with Gasteiger partial charge in [-0.1, -0.05) is 42.5 Å². The maximum Gasteiger partial charge on any atom is 0.225 e. The van der Waals surface area contributed by atoms with Gasteiger partial charge in [-0.05, 0) is 18.8 Å². The van der Waals surface area contributed by atoms with Crippen LogP contribution in [0.25, 0.3) is 11.4 Å². The normalized spacial score (nSPS) is 16.9. The quantitative estimate of drug-likeness (QED) is 0.872. The second kappa shape index (κ2) is 6.31. The van der Waals surface area contributed by atoms with E-state index in [2.05, 4.69) is 27.4 Å². The molecule has 0 bridgehead atoms. The molecule has 1 atom stereocenters. The number of hydrogen-bond acceptors (Lipinski definition) is 3. The molecule has 1 aromatic heterocycles. The Hall–Kier alpha value is -2.49. The molecule has 0 saturated heterocycles. The van der Waals surface area contributed by atoms with Gasteiger partial charge in [-0.2, -0.15) is 0 Å². The minimum atomic E-state index is 0.0163. The van der Waals surface area contributed by atoms with E-state index < -0.39 is 0 Å². The van der Waals surface area contributed by atoms with Gasteiger partial charge in [-0.25, -0.2) is 9.97 Å². The first kappa shape index (κ1) is 13.5. The van der Waals surface area contributed by atoms with Crippen LogP contribution in [0.5, 0.6) is 0 Å². The van der Waals surface area contributed by atoms with Crippen molar-refractivity contribution in [3.63, 3.8) is 0 Å². The molecule has 2 aromatic rings. The van der Waals surface area contributed by atoms with Crippen molar-refractivity contribution in [2.24, 2.45) is 5.92 Å². The molecule has 4 heteroatoms. The Morgan fingerprint density at radius 1 is 1.19 bits per heavy atom. The molecule has 0 unspecified atom stereocenters. The van der Waals surface area contributed by atoms with Crippen LogP contribution in [0.15, 0.2) is 54.9 Å². The lowest BCUT2D eigenvalue weighted by atomic mass is 10.1. The number of amides is 1. The molecule has 1 aromatic carbocycles. The van der Waals surface area contributed by atoms with Crippen molar-refractivity contribution in [2.45, 2.75) is 19.3 Å². The predicted octanol–water partition coefficient (Wildman–Crippen LogP) is 3.44. The number of nitrogens with zero attached hydrogens (tertiary/aromatic N) is 2.